The van der Waals surface area contributed by atoms with Gasteiger partial charge in [0, 0.05) is 19.7 Å². The van der Waals surface area contributed by atoms with Gasteiger partial charge in [-0.05, 0) is 29.3 Å². The molecule has 0 fully saturated rings. The Morgan fingerprint density at radius 2 is 1.76 bits per heavy atom. The van der Waals surface area contributed by atoms with Gasteiger partial charge >= 0.3 is 5.97 Å². The molecule has 0 spiro atoms. The second-order valence-electron chi connectivity index (χ2n) is 4.75. The van der Waals surface area contributed by atoms with E-state index in [1.807, 2.05) is 0 Å². The second-order valence-corrected chi connectivity index (χ2v) is 5.16. The molecule has 4 nitrogen and oxygen atoms in total. The quantitative estimate of drug-likeness (QED) is 0.945. The molecule has 0 aromatic heterocycles. The monoisotopic (exact) mass is 303 g/mol. The number of hydrogen-bond acceptors (Lipinski definition) is 2. The maximum atomic E-state index is 12.0. The van der Waals surface area contributed by atoms with Gasteiger partial charge in [-0.1, -0.05) is 35.9 Å². The molecular formula is C16H14ClNO3. The van der Waals surface area contributed by atoms with Crippen molar-refractivity contribution >= 4 is 23.5 Å². The van der Waals surface area contributed by atoms with E-state index in [1.165, 1.54) is 11.0 Å². The summed E-state index contributed by atoms with van der Waals surface area (Å²) in [5, 5.41) is 9.49. The molecule has 2 aromatic rings. The minimum Gasteiger partial charge on any atom is -0.478 e. The third-order valence-electron chi connectivity index (χ3n) is 3.05. The zero-order valence-corrected chi connectivity index (χ0v) is 12.4. The largest absolute Gasteiger partial charge is 0.478 e. The van der Waals surface area contributed by atoms with E-state index in [4.69, 9.17) is 11.6 Å². The first-order valence-corrected chi connectivity index (χ1v) is 6.63. The van der Waals surface area contributed by atoms with Crippen LogP contribution in [0.4, 0.5) is 0 Å². The van der Waals surface area contributed by atoms with Crippen LogP contribution in [-0.2, 0) is 0 Å². The summed E-state index contributed by atoms with van der Waals surface area (Å²) in [7, 11) is 3.33. The number of aromatic carboxylic acids is 1. The minimum atomic E-state index is -1.10. The van der Waals surface area contributed by atoms with Gasteiger partial charge in [-0.15, -0.1) is 0 Å². The van der Waals surface area contributed by atoms with E-state index in [2.05, 4.69) is 0 Å². The van der Waals surface area contributed by atoms with Crippen LogP contribution in [0.1, 0.15) is 20.7 Å². The minimum absolute atomic E-state index is 0.0358. The number of carbonyl (C=O) groups is 2. The Labute approximate surface area is 127 Å². The van der Waals surface area contributed by atoms with Gasteiger partial charge in [0.15, 0.2) is 0 Å². The summed E-state index contributed by atoms with van der Waals surface area (Å²) in [5.74, 6) is -1.24. The number of benzene rings is 2. The highest BCUT2D eigenvalue weighted by Crippen LogP contribution is 2.29. The lowest BCUT2D eigenvalue weighted by atomic mass is 9.98. The van der Waals surface area contributed by atoms with Crippen LogP contribution >= 0.6 is 11.6 Å². The molecule has 0 aliphatic carbocycles. The molecule has 0 aliphatic heterocycles. The predicted molar refractivity (Wildman–Crippen MR) is 81.9 cm³/mol. The summed E-state index contributed by atoms with van der Waals surface area (Å²) in [6.07, 6.45) is 0. The molecule has 1 N–H and O–H groups in total. The predicted octanol–water partition coefficient (Wildman–Crippen LogP) is 3.41. The van der Waals surface area contributed by atoms with Crippen LogP contribution in [-0.4, -0.2) is 36.0 Å². The van der Waals surface area contributed by atoms with Gasteiger partial charge in [0.2, 0.25) is 0 Å². The fourth-order valence-corrected chi connectivity index (χ4v) is 2.32. The SMILES string of the molecule is CN(C)C(=O)c1cccc(-c2cccc(Cl)c2C(=O)O)c1. The van der Waals surface area contributed by atoms with Crippen molar-refractivity contribution in [2.75, 3.05) is 14.1 Å². The first-order chi connectivity index (χ1) is 9.91. The molecule has 21 heavy (non-hydrogen) atoms. The van der Waals surface area contributed by atoms with Gasteiger partial charge < -0.3 is 10.0 Å². The van der Waals surface area contributed by atoms with Crippen molar-refractivity contribution in [3.05, 3.63) is 58.6 Å². The van der Waals surface area contributed by atoms with Crippen molar-refractivity contribution in [3.8, 4) is 11.1 Å². The lowest BCUT2D eigenvalue weighted by Crippen LogP contribution is -2.21. The van der Waals surface area contributed by atoms with Gasteiger partial charge in [-0.25, -0.2) is 4.79 Å². The lowest BCUT2D eigenvalue weighted by Gasteiger charge is -2.12. The van der Waals surface area contributed by atoms with Gasteiger partial charge in [-0.3, -0.25) is 4.79 Å². The fourth-order valence-electron chi connectivity index (χ4n) is 2.06. The number of hydrogen-bond donors (Lipinski definition) is 1. The smallest absolute Gasteiger partial charge is 0.337 e. The van der Waals surface area contributed by atoms with E-state index >= 15 is 0 Å². The number of nitrogens with zero attached hydrogens (tertiary/aromatic N) is 1. The average Bonchev–Trinajstić information content (AvgIpc) is 2.45. The standard InChI is InChI=1S/C16H14ClNO3/c1-18(2)15(19)11-6-3-5-10(9-11)12-7-4-8-13(17)14(12)16(20)21/h3-9H,1-2H3,(H,20,21). The van der Waals surface area contributed by atoms with Crippen molar-refractivity contribution < 1.29 is 14.7 Å². The maximum absolute atomic E-state index is 12.0. The highest BCUT2D eigenvalue weighted by atomic mass is 35.5. The number of carbonyl (C=O) groups excluding carboxylic acids is 1. The van der Waals surface area contributed by atoms with Crippen molar-refractivity contribution in [3.63, 3.8) is 0 Å². The zero-order valence-electron chi connectivity index (χ0n) is 11.6. The van der Waals surface area contributed by atoms with E-state index in [1.54, 1.807) is 50.5 Å². The van der Waals surface area contributed by atoms with Gasteiger partial charge in [-0.2, -0.15) is 0 Å². The van der Waals surface area contributed by atoms with E-state index < -0.39 is 5.97 Å². The molecule has 1 amide bonds. The van der Waals surface area contributed by atoms with Crippen LogP contribution in [0, 0.1) is 0 Å². The normalized spacial score (nSPS) is 10.2. The number of halogens is 1. The third-order valence-corrected chi connectivity index (χ3v) is 3.37. The number of amides is 1. The molecule has 0 radical (unpaired) electrons. The summed E-state index contributed by atoms with van der Waals surface area (Å²) in [4.78, 5) is 24.8. The number of rotatable bonds is 3. The Morgan fingerprint density at radius 3 is 2.38 bits per heavy atom. The molecule has 0 saturated heterocycles. The molecule has 2 aromatic carbocycles. The van der Waals surface area contributed by atoms with Crippen LogP contribution in [0.2, 0.25) is 5.02 Å². The third kappa shape index (κ3) is 3.06. The van der Waals surface area contributed by atoms with Crippen molar-refractivity contribution in [2.45, 2.75) is 0 Å². The van der Waals surface area contributed by atoms with Gasteiger partial charge in [0.25, 0.3) is 5.91 Å². The Morgan fingerprint density at radius 1 is 1.10 bits per heavy atom. The van der Waals surface area contributed by atoms with E-state index in [0.29, 0.717) is 16.7 Å². The highest BCUT2D eigenvalue weighted by molar-refractivity contribution is 6.34. The fraction of sp³-hybridized carbons (Fsp3) is 0.125. The molecule has 0 bridgehead atoms. The van der Waals surface area contributed by atoms with Crippen molar-refractivity contribution in [1.29, 1.82) is 0 Å². The summed E-state index contributed by atoms with van der Waals surface area (Å²) in [6, 6.07) is 11.7. The van der Waals surface area contributed by atoms with E-state index in [9.17, 15) is 14.7 Å². The van der Waals surface area contributed by atoms with Crippen molar-refractivity contribution in [1.82, 2.24) is 4.90 Å². The maximum Gasteiger partial charge on any atom is 0.337 e. The zero-order chi connectivity index (χ0) is 15.6. The first kappa shape index (κ1) is 15.1. The van der Waals surface area contributed by atoms with Crippen LogP contribution in [0.15, 0.2) is 42.5 Å². The average molecular weight is 304 g/mol. The first-order valence-electron chi connectivity index (χ1n) is 6.25. The highest BCUT2D eigenvalue weighted by Gasteiger charge is 2.17. The number of carboxylic acids is 1. The van der Waals surface area contributed by atoms with Crippen LogP contribution in [0.25, 0.3) is 11.1 Å². The molecule has 0 aliphatic rings. The van der Waals surface area contributed by atoms with Gasteiger partial charge in [0.1, 0.15) is 0 Å². The summed E-state index contributed by atoms with van der Waals surface area (Å²) < 4.78 is 0. The molecule has 108 valence electrons. The Bertz CT molecular complexity index is 710. The number of carboxylic acid groups (broad SMARTS) is 1. The van der Waals surface area contributed by atoms with Crippen molar-refractivity contribution in [2.24, 2.45) is 0 Å². The summed E-state index contributed by atoms with van der Waals surface area (Å²) in [5.41, 5.74) is 1.66. The molecule has 0 unspecified atom stereocenters. The molecule has 2 rings (SSSR count). The molecular weight excluding hydrogens is 290 g/mol. The van der Waals surface area contributed by atoms with Crippen LogP contribution in [0.3, 0.4) is 0 Å². The Balaban J connectivity index is 2.58. The molecule has 0 heterocycles. The van der Waals surface area contributed by atoms with Gasteiger partial charge in [0.05, 0.1) is 10.6 Å². The Hall–Kier alpha value is -2.33. The van der Waals surface area contributed by atoms with E-state index in [-0.39, 0.29) is 16.5 Å². The second kappa shape index (κ2) is 5.97. The summed E-state index contributed by atoms with van der Waals surface area (Å²) in [6.45, 7) is 0. The molecule has 0 saturated carbocycles. The lowest BCUT2D eigenvalue weighted by molar-refractivity contribution is 0.0697. The van der Waals surface area contributed by atoms with Crippen LogP contribution < -0.4 is 0 Å². The van der Waals surface area contributed by atoms with E-state index in [0.717, 1.165) is 0 Å². The Kier molecular flexibility index (Phi) is 4.29. The van der Waals surface area contributed by atoms with Crippen LogP contribution in [0.5, 0.6) is 0 Å². The molecule has 5 heteroatoms. The summed E-state index contributed by atoms with van der Waals surface area (Å²) >= 11 is 5.97. The topological polar surface area (TPSA) is 57.6 Å². The molecule has 0 atom stereocenters.